The van der Waals surface area contributed by atoms with Gasteiger partial charge >= 0.3 is 0 Å². The van der Waals surface area contributed by atoms with Crippen molar-refractivity contribution in [2.75, 3.05) is 66.7 Å². The second-order valence-electron chi connectivity index (χ2n) is 16.8. The Balaban J connectivity index is 1.08. The number of likely N-dealkylation sites (N-methyl/N-ethyl adjacent to an activating group) is 1. The van der Waals surface area contributed by atoms with Crippen LogP contribution in [0.25, 0.3) is 66.9 Å². The number of fused-ring (bicyclic) bond motifs is 6. The minimum absolute atomic E-state index is 0.329. The molecule has 19 nitrogen and oxygen atoms in total. The number of amides is 2. The highest BCUT2D eigenvalue weighted by Gasteiger charge is 2.24. The van der Waals surface area contributed by atoms with E-state index in [0.29, 0.717) is 91.4 Å². The number of morpholine rings is 1. The fourth-order valence-electron chi connectivity index (χ4n) is 9.05. The smallest absolute Gasteiger partial charge is 0.248 e. The van der Waals surface area contributed by atoms with E-state index in [-0.39, 0.29) is 0 Å². The summed E-state index contributed by atoms with van der Waals surface area (Å²) in [4.78, 5) is 49.9. The molecule has 7 heterocycles. The molecule has 0 bridgehead atoms. The van der Waals surface area contributed by atoms with Gasteiger partial charge in [-0.25, -0.2) is 19.9 Å². The Labute approximate surface area is 381 Å². The normalized spacial score (nSPS) is 13.6. The van der Waals surface area contributed by atoms with Gasteiger partial charge in [-0.1, -0.05) is 0 Å². The predicted octanol–water partition coefficient (Wildman–Crippen LogP) is 4.81. The number of benzene rings is 2. The fourth-order valence-corrected chi connectivity index (χ4v) is 9.05. The molecule has 4 N–H and O–H groups in total. The Morgan fingerprint density at radius 1 is 0.712 bits per heavy atom. The standard InChI is InChI=1S/C47H56N14O5/c1-7-60-36(20-28(3)54-60)44-50-26-34-32-22-30(42(48)62)24-38(64-6)40(32)58(46(34)52-44)13-11-56(5)12-14-59-41-33(35-27-51-45(53-47(35)59)37-21-29(4)55-61(37)8-2)23-31(43(49)63)25-39(41)66-17-9-10-57-15-18-65-19-16-57/h20-27H,7-19H2,1-6H3,(H2,48,62)(H2,49,63). The molecule has 0 saturated carbocycles. The first kappa shape index (κ1) is 44.3. The van der Waals surface area contributed by atoms with Crippen molar-refractivity contribution in [1.82, 2.24) is 58.4 Å². The van der Waals surface area contributed by atoms with Gasteiger partial charge in [0.25, 0.3) is 0 Å². The molecular formula is C47H56N14O5. The lowest BCUT2D eigenvalue weighted by Gasteiger charge is -2.26. The van der Waals surface area contributed by atoms with Gasteiger partial charge < -0.3 is 39.7 Å². The van der Waals surface area contributed by atoms with Crippen molar-refractivity contribution in [3.8, 4) is 34.5 Å². The Morgan fingerprint density at radius 2 is 1.21 bits per heavy atom. The fraction of sp³-hybridized carbons (Fsp3) is 0.404. The van der Waals surface area contributed by atoms with Crippen molar-refractivity contribution in [2.24, 2.45) is 11.5 Å². The van der Waals surface area contributed by atoms with Crippen molar-refractivity contribution < 1.29 is 23.8 Å². The molecule has 344 valence electrons. The van der Waals surface area contributed by atoms with Gasteiger partial charge in [0.15, 0.2) is 11.6 Å². The lowest BCUT2D eigenvalue weighted by Crippen LogP contribution is -2.37. The van der Waals surface area contributed by atoms with Crippen LogP contribution in [0.4, 0.5) is 0 Å². The summed E-state index contributed by atoms with van der Waals surface area (Å²) in [7, 11) is 3.66. The van der Waals surface area contributed by atoms with Gasteiger partial charge in [0.1, 0.15) is 34.2 Å². The Morgan fingerprint density at radius 3 is 1.70 bits per heavy atom. The van der Waals surface area contributed by atoms with E-state index in [1.54, 1.807) is 31.5 Å². The van der Waals surface area contributed by atoms with Crippen LogP contribution in [0, 0.1) is 13.8 Å². The molecule has 19 heteroatoms. The van der Waals surface area contributed by atoms with E-state index in [9.17, 15) is 9.59 Å². The summed E-state index contributed by atoms with van der Waals surface area (Å²) >= 11 is 0. The highest BCUT2D eigenvalue weighted by atomic mass is 16.5. The molecule has 2 aromatic carbocycles. The number of aromatic nitrogens is 10. The van der Waals surface area contributed by atoms with Gasteiger partial charge in [0.05, 0.1) is 49.4 Å². The number of methoxy groups -OCH3 is 1. The minimum atomic E-state index is -0.559. The molecule has 8 aromatic rings. The number of rotatable bonds is 18. The van der Waals surface area contributed by atoms with Crippen molar-refractivity contribution in [3.05, 3.63) is 71.3 Å². The molecule has 9 rings (SSSR count). The maximum Gasteiger partial charge on any atom is 0.248 e. The van der Waals surface area contributed by atoms with Crippen LogP contribution < -0.4 is 20.9 Å². The number of hydrogen-bond donors (Lipinski definition) is 2. The summed E-state index contributed by atoms with van der Waals surface area (Å²) in [6.45, 7) is 16.1. The predicted molar refractivity (Wildman–Crippen MR) is 252 cm³/mol. The van der Waals surface area contributed by atoms with Crippen LogP contribution in [0.15, 0.2) is 48.8 Å². The molecule has 0 atom stereocenters. The number of carbonyl (C=O) groups is 2. The number of primary amides is 2. The Bertz CT molecular complexity index is 3120. The second kappa shape index (κ2) is 18.5. The molecule has 0 radical (unpaired) electrons. The topological polar surface area (TPSA) is 217 Å². The van der Waals surface area contributed by atoms with Crippen LogP contribution in [0.5, 0.6) is 11.5 Å². The number of nitrogens with two attached hydrogens (primary N) is 2. The molecule has 0 aliphatic carbocycles. The minimum Gasteiger partial charge on any atom is -0.495 e. The third-order valence-electron chi connectivity index (χ3n) is 12.4. The molecule has 2 amide bonds. The average Bonchev–Trinajstić information content (AvgIpc) is 4.08. The molecule has 6 aromatic heterocycles. The summed E-state index contributed by atoms with van der Waals surface area (Å²) in [6, 6.07) is 11.0. The molecule has 1 fully saturated rings. The average molecular weight is 897 g/mol. The molecule has 0 unspecified atom stereocenters. The largest absolute Gasteiger partial charge is 0.495 e. The van der Waals surface area contributed by atoms with E-state index < -0.39 is 11.8 Å². The van der Waals surface area contributed by atoms with Crippen LogP contribution in [0.3, 0.4) is 0 Å². The van der Waals surface area contributed by atoms with Crippen molar-refractivity contribution in [1.29, 1.82) is 0 Å². The number of ether oxygens (including phenoxy) is 3. The van der Waals surface area contributed by atoms with Gasteiger partial charge in [-0.3, -0.25) is 23.9 Å². The first-order chi connectivity index (χ1) is 32.0. The summed E-state index contributed by atoms with van der Waals surface area (Å²) < 4.78 is 26.1. The Hall–Kier alpha value is -6.96. The molecule has 1 aliphatic rings. The summed E-state index contributed by atoms with van der Waals surface area (Å²) in [5.41, 5.74) is 18.8. The van der Waals surface area contributed by atoms with Crippen molar-refractivity contribution >= 4 is 55.7 Å². The van der Waals surface area contributed by atoms with Crippen molar-refractivity contribution in [2.45, 2.75) is 60.3 Å². The SMILES string of the molecule is CCn1nc(C)cc1-c1ncc2c3cc(C(N)=O)cc(OC)c3n(CCN(C)CCn3c4nc(-c5cc(C)nn5CC)ncc4c4cc(C(N)=O)cc(OCCCN5CCOCC5)c43)c2n1. The summed E-state index contributed by atoms with van der Waals surface area (Å²) in [6.07, 6.45) is 4.41. The third kappa shape index (κ3) is 8.40. The second-order valence-corrected chi connectivity index (χ2v) is 16.8. The van der Waals surface area contributed by atoms with E-state index in [4.69, 9.17) is 45.6 Å². The van der Waals surface area contributed by atoms with Gasteiger partial charge in [0, 0.05) is 104 Å². The molecular weight excluding hydrogens is 841 g/mol. The monoisotopic (exact) mass is 896 g/mol. The van der Waals surface area contributed by atoms with E-state index in [2.05, 4.69) is 36.2 Å². The zero-order chi connectivity index (χ0) is 46.2. The maximum atomic E-state index is 12.8. The van der Waals surface area contributed by atoms with Crippen LogP contribution in [0.1, 0.15) is 52.4 Å². The lowest BCUT2D eigenvalue weighted by molar-refractivity contribution is 0.0358. The van der Waals surface area contributed by atoms with Crippen molar-refractivity contribution in [3.63, 3.8) is 0 Å². The Kier molecular flexibility index (Phi) is 12.4. The number of carbonyl (C=O) groups excluding carboxylic acids is 2. The highest BCUT2D eigenvalue weighted by molar-refractivity contribution is 6.13. The van der Waals surface area contributed by atoms with Gasteiger partial charge in [-0.15, -0.1) is 0 Å². The molecule has 1 saturated heterocycles. The number of nitrogens with zero attached hydrogens (tertiary/aromatic N) is 12. The first-order valence-corrected chi connectivity index (χ1v) is 22.5. The maximum absolute atomic E-state index is 12.8. The number of hydrogen-bond acceptors (Lipinski definition) is 13. The van der Waals surface area contributed by atoms with E-state index in [1.165, 1.54) is 0 Å². The van der Waals surface area contributed by atoms with Gasteiger partial charge in [-0.2, -0.15) is 10.2 Å². The van der Waals surface area contributed by atoms with Crippen LogP contribution >= 0.6 is 0 Å². The van der Waals surface area contributed by atoms with Gasteiger partial charge in [-0.05, 0) is 77.6 Å². The van der Waals surface area contributed by atoms with Crippen LogP contribution in [-0.4, -0.2) is 137 Å². The van der Waals surface area contributed by atoms with Gasteiger partial charge in [0.2, 0.25) is 11.8 Å². The quantitative estimate of drug-likeness (QED) is 0.111. The molecule has 0 spiro atoms. The van der Waals surface area contributed by atoms with E-state index in [0.717, 1.165) is 94.6 Å². The molecule has 66 heavy (non-hydrogen) atoms. The highest BCUT2D eigenvalue weighted by Crippen LogP contribution is 2.38. The molecule has 1 aliphatic heterocycles. The first-order valence-electron chi connectivity index (χ1n) is 22.5. The summed E-state index contributed by atoms with van der Waals surface area (Å²) in [5, 5.41) is 12.4. The summed E-state index contributed by atoms with van der Waals surface area (Å²) in [5.74, 6) is 1.04. The third-order valence-corrected chi connectivity index (χ3v) is 12.4. The van der Waals surface area contributed by atoms with Crippen LogP contribution in [-0.2, 0) is 30.9 Å². The van der Waals surface area contributed by atoms with E-state index in [1.807, 2.05) is 61.5 Å². The lowest BCUT2D eigenvalue weighted by atomic mass is 10.1. The number of aryl methyl sites for hydroxylation is 4. The van der Waals surface area contributed by atoms with E-state index >= 15 is 0 Å². The van der Waals surface area contributed by atoms with Crippen LogP contribution in [0.2, 0.25) is 0 Å². The zero-order valence-electron chi connectivity index (χ0n) is 38.4. The zero-order valence-corrected chi connectivity index (χ0v) is 38.4.